The van der Waals surface area contributed by atoms with Crippen molar-refractivity contribution in [1.29, 1.82) is 0 Å². The zero-order valence-corrected chi connectivity index (χ0v) is 12.3. The van der Waals surface area contributed by atoms with E-state index in [1.165, 1.54) is 19.2 Å². The summed E-state index contributed by atoms with van der Waals surface area (Å²) in [5.74, 6) is -0.324. The molecular formula is C16H16FN3O2. The van der Waals surface area contributed by atoms with Gasteiger partial charge in [-0.1, -0.05) is 18.2 Å². The number of urea groups is 1. The van der Waals surface area contributed by atoms with Crippen molar-refractivity contribution in [3.05, 3.63) is 59.9 Å². The van der Waals surface area contributed by atoms with E-state index in [2.05, 4.69) is 15.8 Å². The van der Waals surface area contributed by atoms with Gasteiger partial charge in [-0.15, -0.1) is 0 Å². The molecule has 0 radical (unpaired) electrons. The zero-order valence-electron chi connectivity index (χ0n) is 12.3. The van der Waals surface area contributed by atoms with Crippen molar-refractivity contribution in [3.63, 3.8) is 0 Å². The first-order chi connectivity index (χ1) is 10.6. The Hall–Kier alpha value is -2.89. The predicted molar refractivity (Wildman–Crippen MR) is 83.8 cm³/mol. The Kier molecular flexibility index (Phi) is 5.08. The molecular weight excluding hydrogens is 285 g/mol. The zero-order chi connectivity index (χ0) is 15.9. The molecule has 0 fully saturated rings. The molecule has 0 heterocycles. The lowest BCUT2D eigenvalue weighted by Crippen LogP contribution is -2.25. The number of hydrogen-bond donors (Lipinski definition) is 2. The van der Waals surface area contributed by atoms with Crippen molar-refractivity contribution in [2.45, 2.75) is 6.92 Å². The van der Waals surface area contributed by atoms with E-state index in [0.29, 0.717) is 17.0 Å². The number of amides is 2. The molecule has 0 aliphatic rings. The lowest BCUT2D eigenvalue weighted by atomic mass is 10.1. The summed E-state index contributed by atoms with van der Waals surface area (Å²) < 4.78 is 18.5. The van der Waals surface area contributed by atoms with Crippen LogP contribution in [0.3, 0.4) is 0 Å². The second kappa shape index (κ2) is 7.21. The van der Waals surface area contributed by atoms with E-state index < -0.39 is 11.8 Å². The van der Waals surface area contributed by atoms with Gasteiger partial charge >= 0.3 is 6.03 Å². The first-order valence-corrected chi connectivity index (χ1v) is 6.60. The quantitative estimate of drug-likeness (QED) is 0.671. The lowest BCUT2D eigenvalue weighted by Gasteiger charge is -2.06. The average molecular weight is 301 g/mol. The molecule has 0 aliphatic carbocycles. The van der Waals surface area contributed by atoms with Crippen molar-refractivity contribution in [2.75, 3.05) is 12.4 Å². The fourth-order valence-electron chi connectivity index (χ4n) is 1.77. The van der Waals surface area contributed by atoms with Gasteiger partial charge in [0.25, 0.3) is 0 Å². The molecule has 0 saturated heterocycles. The van der Waals surface area contributed by atoms with Crippen LogP contribution in [-0.2, 0) is 0 Å². The van der Waals surface area contributed by atoms with Crippen molar-refractivity contribution in [1.82, 2.24) is 5.43 Å². The molecule has 6 heteroatoms. The molecule has 2 amide bonds. The number of carbonyl (C=O) groups is 1. The minimum Gasteiger partial charge on any atom is -0.494 e. The maximum absolute atomic E-state index is 13.6. The third-order valence-corrected chi connectivity index (χ3v) is 2.93. The second-order valence-electron chi connectivity index (χ2n) is 4.48. The van der Waals surface area contributed by atoms with E-state index in [4.69, 9.17) is 4.74 Å². The average Bonchev–Trinajstić information content (AvgIpc) is 2.53. The topological polar surface area (TPSA) is 62.7 Å². The third kappa shape index (κ3) is 4.05. The molecule has 114 valence electrons. The second-order valence-corrected chi connectivity index (χ2v) is 4.48. The fourth-order valence-corrected chi connectivity index (χ4v) is 1.77. The van der Waals surface area contributed by atoms with Crippen LogP contribution in [-0.4, -0.2) is 18.9 Å². The molecule has 2 rings (SSSR count). The highest BCUT2D eigenvalue weighted by atomic mass is 19.1. The fraction of sp³-hybridized carbons (Fsp3) is 0.125. The van der Waals surface area contributed by atoms with Crippen molar-refractivity contribution >= 4 is 17.4 Å². The highest BCUT2D eigenvalue weighted by molar-refractivity contribution is 6.00. The molecule has 22 heavy (non-hydrogen) atoms. The van der Waals surface area contributed by atoms with Crippen molar-refractivity contribution in [2.24, 2.45) is 5.10 Å². The van der Waals surface area contributed by atoms with Crippen LogP contribution in [0.15, 0.2) is 53.6 Å². The Morgan fingerprint density at radius 3 is 2.55 bits per heavy atom. The monoisotopic (exact) mass is 301 g/mol. The summed E-state index contributed by atoms with van der Waals surface area (Å²) in [6, 6.07) is 13.0. The summed E-state index contributed by atoms with van der Waals surface area (Å²) in [6.07, 6.45) is 0. The van der Waals surface area contributed by atoms with Gasteiger partial charge in [0.15, 0.2) is 11.6 Å². The summed E-state index contributed by atoms with van der Waals surface area (Å²) in [4.78, 5) is 11.7. The molecule has 0 aromatic heterocycles. The van der Waals surface area contributed by atoms with Crippen LogP contribution in [0.2, 0.25) is 0 Å². The molecule has 2 aromatic rings. The first-order valence-electron chi connectivity index (χ1n) is 6.60. The summed E-state index contributed by atoms with van der Waals surface area (Å²) >= 11 is 0. The van der Waals surface area contributed by atoms with Gasteiger partial charge < -0.3 is 10.1 Å². The number of ether oxygens (including phenoxy) is 1. The van der Waals surface area contributed by atoms with Crippen LogP contribution in [0.5, 0.6) is 5.75 Å². The van der Waals surface area contributed by atoms with Crippen LogP contribution < -0.4 is 15.5 Å². The number of carbonyl (C=O) groups excluding carboxylic acids is 1. The summed E-state index contributed by atoms with van der Waals surface area (Å²) in [5.41, 5.74) is 4.05. The van der Waals surface area contributed by atoms with Crippen LogP contribution in [0.4, 0.5) is 14.9 Å². The smallest absolute Gasteiger partial charge is 0.339 e. The van der Waals surface area contributed by atoms with E-state index >= 15 is 0 Å². The van der Waals surface area contributed by atoms with E-state index in [1.54, 1.807) is 25.1 Å². The number of rotatable bonds is 4. The minimum atomic E-state index is -0.483. The van der Waals surface area contributed by atoms with Gasteiger partial charge in [0.2, 0.25) is 0 Å². The Labute approximate surface area is 127 Å². The molecule has 0 spiro atoms. The third-order valence-electron chi connectivity index (χ3n) is 2.93. The molecule has 2 N–H and O–H groups in total. The number of nitrogens with one attached hydrogen (secondary N) is 2. The Morgan fingerprint density at radius 1 is 1.18 bits per heavy atom. The number of methoxy groups -OCH3 is 1. The first kappa shape index (κ1) is 15.5. The van der Waals surface area contributed by atoms with Crippen LogP contribution in [0, 0.1) is 5.82 Å². The molecule has 0 bridgehead atoms. The maximum atomic E-state index is 13.6. The Morgan fingerprint density at radius 2 is 1.91 bits per heavy atom. The number of hydrazone groups is 1. The molecule has 0 saturated carbocycles. The molecule has 2 aromatic carbocycles. The van der Waals surface area contributed by atoms with Crippen LogP contribution >= 0.6 is 0 Å². The summed E-state index contributed by atoms with van der Waals surface area (Å²) in [5, 5.41) is 6.56. The number of anilines is 1. The van der Waals surface area contributed by atoms with Gasteiger partial charge in [0, 0.05) is 11.3 Å². The van der Waals surface area contributed by atoms with Gasteiger partial charge in [-0.3, -0.25) is 0 Å². The van der Waals surface area contributed by atoms with Gasteiger partial charge in [0.1, 0.15) is 0 Å². The molecule has 0 aliphatic heterocycles. The van der Waals surface area contributed by atoms with Crippen molar-refractivity contribution in [3.8, 4) is 5.75 Å². The summed E-state index contributed by atoms with van der Waals surface area (Å²) in [7, 11) is 1.40. The van der Waals surface area contributed by atoms with E-state index in [0.717, 1.165) is 0 Å². The standard InChI is InChI=1S/C16H16FN3O2/c1-11(12-8-9-15(22-2)14(17)10-12)19-20-16(21)18-13-6-4-3-5-7-13/h3-10H,1-2H3,(H2,18,20,21)/b19-11-. The number of para-hydroxylation sites is 1. The van der Waals surface area contributed by atoms with Crippen LogP contribution in [0.25, 0.3) is 0 Å². The largest absolute Gasteiger partial charge is 0.494 e. The highest BCUT2D eigenvalue weighted by Gasteiger charge is 2.06. The van der Waals surface area contributed by atoms with Gasteiger partial charge in [-0.25, -0.2) is 14.6 Å². The van der Waals surface area contributed by atoms with E-state index in [1.807, 2.05) is 18.2 Å². The normalized spacial score (nSPS) is 11.0. The predicted octanol–water partition coefficient (Wildman–Crippen LogP) is 3.38. The Bertz CT molecular complexity index is 687. The van der Waals surface area contributed by atoms with Crippen LogP contribution in [0.1, 0.15) is 12.5 Å². The van der Waals surface area contributed by atoms with E-state index in [-0.39, 0.29) is 5.75 Å². The van der Waals surface area contributed by atoms with Gasteiger partial charge in [-0.05, 0) is 37.3 Å². The van der Waals surface area contributed by atoms with Crippen molar-refractivity contribution < 1.29 is 13.9 Å². The van der Waals surface area contributed by atoms with Gasteiger partial charge in [-0.2, -0.15) is 5.10 Å². The Balaban J connectivity index is 2.00. The number of halogens is 1. The number of benzene rings is 2. The van der Waals surface area contributed by atoms with Gasteiger partial charge in [0.05, 0.1) is 12.8 Å². The highest BCUT2D eigenvalue weighted by Crippen LogP contribution is 2.18. The SMILES string of the molecule is COc1ccc(/C(C)=N\NC(=O)Nc2ccccc2)cc1F. The molecule has 0 atom stereocenters. The molecule has 0 unspecified atom stereocenters. The summed E-state index contributed by atoms with van der Waals surface area (Å²) in [6.45, 7) is 1.67. The maximum Gasteiger partial charge on any atom is 0.339 e. The van der Waals surface area contributed by atoms with E-state index in [9.17, 15) is 9.18 Å². The number of nitrogens with zero attached hydrogens (tertiary/aromatic N) is 1. The minimum absolute atomic E-state index is 0.159. The molecule has 5 nitrogen and oxygen atoms in total. The lowest BCUT2D eigenvalue weighted by molar-refractivity contribution is 0.252. The number of hydrogen-bond acceptors (Lipinski definition) is 3.